The maximum atomic E-state index is 13.9. The third kappa shape index (κ3) is 4.38. The zero-order valence-corrected chi connectivity index (χ0v) is 13.6. The van der Waals surface area contributed by atoms with Crippen LogP contribution < -0.4 is 5.73 Å². The molecule has 0 fully saturated rings. The smallest absolute Gasteiger partial charge is 0.128 e. The van der Waals surface area contributed by atoms with E-state index in [1.165, 1.54) is 6.07 Å². The first kappa shape index (κ1) is 16.6. The van der Waals surface area contributed by atoms with Gasteiger partial charge in [0.05, 0.1) is 23.6 Å². The van der Waals surface area contributed by atoms with Crippen molar-refractivity contribution in [3.8, 4) is 0 Å². The van der Waals surface area contributed by atoms with Gasteiger partial charge in [0.2, 0.25) is 0 Å². The fourth-order valence-electron chi connectivity index (χ4n) is 2.38. The van der Waals surface area contributed by atoms with Crippen molar-refractivity contribution in [3.05, 3.63) is 108 Å². The lowest BCUT2D eigenvalue weighted by atomic mass is 10.1. The predicted molar refractivity (Wildman–Crippen MR) is 99.5 cm³/mol. The summed E-state index contributed by atoms with van der Waals surface area (Å²) in [5, 5.41) is 0. The molecule has 4 heteroatoms. The van der Waals surface area contributed by atoms with Gasteiger partial charge in [-0.2, -0.15) is 0 Å². The lowest BCUT2D eigenvalue weighted by Crippen LogP contribution is -2.05. The molecule has 25 heavy (non-hydrogen) atoms. The number of rotatable bonds is 5. The molecule has 3 rings (SSSR count). The summed E-state index contributed by atoms with van der Waals surface area (Å²) in [4.78, 5) is 8.83. The van der Waals surface area contributed by atoms with Crippen molar-refractivity contribution < 1.29 is 4.39 Å². The molecular weight excluding hydrogens is 313 g/mol. The Bertz CT molecular complexity index is 887. The number of benzene rings is 2. The second kappa shape index (κ2) is 8.02. The number of aliphatic imine (C=N–C) groups is 1. The van der Waals surface area contributed by atoms with E-state index in [0.29, 0.717) is 22.7 Å². The van der Waals surface area contributed by atoms with Crippen LogP contribution in [0.3, 0.4) is 0 Å². The van der Waals surface area contributed by atoms with Crippen LogP contribution in [-0.2, 0) is 6.54 Å². The van der Waals surface area contributed by atoms with Crippen LogP contribution >= 0.6 is 0 Å². The third-order valence-electron chi connectivity index (χ3n) is 3.70. The Hall–Kier alpha value is -3.27. The van der Waals surface area contributed by atoms with Gasteiger partial charge in [-0.1, -0.05) is 54.6 Å². The molecule has 0 radical (unpaired) electrons. The minimum atomic E-state index is -0.264. The first-order valence-corrected chi connectivity index (χ1v) is 7.96. The number of aromatic nitrogens is 1. The van der Waals surface area contributed by atoms with Gasteiger partial charge < -0.3 is 5.73 Å². The fourth-order valence-corrected chi connectivity index (χ4v) is 2.38. The highest BCUT2D eigenvalue weighted by Crippen LogP contribution is 2.12. The SMILES string of the molecule is NC(=CC(=NCc1ccccc1F)c1ccccc1)c1ccccn1. The number of halogens is 1. The second-order valence-electron chi connectivity index (χ2n) is 5.47. The van der Waals surface area contributed by atoms with E-state index in [1.54, 1.807) is 30.5 Å². The molecule has 0 atom stereocenters. The van der Waals surface area contributed by atoms with Crippen molar-refractivity contribution in [3.63, 3.8) is 0 Å². The maximum absolute atomic E-state index is 13.9. The van der Waals surface area contributed by atoms with E-state index in [-0.39, 0.29) is 12.4 Å². The van der Waals surface area contributed by atoms with Gasteiger partial charge in [0, 0.05) is 11.8 Å². The van der Waals surface area contributed by atoms with Crippen molar-refractivity contribution in [2.45, 2.75) is 6.54 Å². The zero-order valence-electron chi connectivity index (χ0n) is 13.6. The number of hydrogen-bond acceptors (Lipinski definition) is 3. The summed E-state index contributed by atoms with van der Waals surface area (Å²) < 4.78 is 13.9. The van der Waals surface area contributed by atoms with Gasteiger partial charge >= 0.3 is 0 Å². The van der Waals surface area contributed by atoms with Crippen molar-refractivity contribution in [2.75, 3.05) is 0 Å². The Balaban J connectivity index is 1.96. The molecule has 0 aliphatic carbocycles. The van der Waals surface area contributed by atoms with E-state index in [4.69, 9.17) is 5.73 Å². The minimum Gasteiger partial charge on any atom is -0.397 e. The van der Waals surface area contributed by atoms with Crippen LogP contribution in [0.1, 0.15) is 16.8 Å². The van der Waals surface area contributed by atoms with Gasteiger partial charge in [0.15, 0.2) is 0 Å². The van der Waals surface area contributed by atoms with Gasteiger partial charge in [-0.3, -0.25) is 9.98 Å². The highest BCUT2D eigenvalue weighted by atomic mass is 19.1. The number of allylic oxidation sites excluding steroid dienone is 1. The van der Waals surface area contributed by atoms with E-state index >= 15 is 0 Å². The molecule has 0 aliphatic heterocycles. The molecule has 0 spiro atoms. The normalized spacial score (nSPS) is 12.2. The summed E-state index contributed by atoms with van der Waals surface area (Å²) in [5.74, 6) is -0.264. The highest BCUT2D eigenvalue weighted by molar-refractivity contribution is 6.11. The zero-order chi connectivity index (χ0) is 17.5. The van der Waals surface area contributed by atoms with E-state index in [2.05, 4.69) is 9.98 Å². The van der Waals surface area contributed by atoms with Gasteiger partial charge in [-0.05, 0) is 29.8 Å². The summed E-state index contributed by atoms with van der Waals surface area (Å²) in [7, 11) is 0. The Morgan fingerprint density at radius 2 is 1.68 bits per heavy atom. The molecule has 2 N–H and O–H groups in total. The molecule has 3 nitrogen and oxygen atoms in total. The molecule has 3 aromatic rings. The lowest BCUT2D eigenvalue weighted by Gasteiger charge is -2.06. The average molecular weight is 331 g/mol. The third-order valence-corrected chi connectivity index (χ3v) is 3.70. The summed E-state index contributed by atoms with van der Waals surface area (Å²) in [5.41, 5.74) is 9.51. The van der Waals surface area contributed by atoms with Crippen LogP contribution in [-0.4, -0.2) is 10.7 Å². The van der Waals surface area contributed by atoms with E-state index in [1.807, 2.05) is 48.5 Å². The Labute approximate surface area is 146 Å². The van der Waals surface area contributed by atoms with E-state index < -0.39 is 0 Å². The quantitative estimate of drug-likeness (QED) is 0.712. The van der Waals surface area contributed by atoms with Gasteiger partial charge in [-0.25, -0.2) is 4.39 Å². The first-order valence-electron chi connectivity index (χ1n) is 7.96. The predicted octanol–water partition coefficient (Wildman–Crippen LogP) is 4.21. The maximum Gasteiger partial charge on any atom is 0.128 e. The molecule has 0 unspecified atom stereocenters. The molecule has 0 amide bonds. The van der Waals surface area contributed by atoms with Crippen molar-refractivity contribution >= 4 is 11.4 Å². The molecule has 0 saturated carbocycles. The molecule has 124 valence electrons. The van der Waals surface area contributed by atoms with Crippen molar-refractivity contribution in [2.24, 2.45) is 10.7 Å². The summed E-state index contributed by atoms with van der Waals surface area (Å²) in [6.45, 7) is 0.239. The fraction of sp³-hybridized carbons (Fsp3) is 0.0476. The standard InChI is InChI=1S/C21H18FN3/c22-18-11-5-4-10-17(18)15-25-21(16-8-2-1-3-9-16)14-19(23)20-12-6-7-13-24-20/h1-14H,15,23H2. The summed E-state index contributed by atoms with van der Waals surface area (Å²) in [6, 6.07) is 21.9. The van der Waals surface area contributed by atoms with Gasteiger partial charge in [-0.15, -0.1) is 0 Å². The van der Waals surface area contributed by atoms with Gasteiger partial charge in [0.25, 0.3) is 0 Å². The molecule has 1 aromatic heterocycles. The van der Waals surface area contributed by atoms with Crippen molar-refractivity contribution in [1.29, 1.82) is 0 Å². The molecule has 0 aliphatic rings. The number of hydrogen-bond donors (Lipinski definition) is 1. The lowest BCUT2D eigenvalue weighted by molar-refractivity contribution is 0.611. The molecule has 1 heterocycles. The van der Waals surface area contributed by atoms with E-state index in [0.717, 1.165) is 5.56 Å². The second-order valence-corrected chi connectivity index (χ2v) is 5.47. The van der Waals surface area contributed by atoms with Crippen LogP contribution in [0, 0.1) is 5.82 Å². The van der Waals surface area contributed by atoms with Crippen LogP contribution in [0.5, 0.6) is 0 Å². The van der Waals surface area contributed by atoms with Gasteiger partial charge in [0.1, 0.15) is 5.82 Å². The Morgan fingerprint density at radius 1 is 0.960 bits per heavy atom. The molecule has 2 aromatic carbocycles. The van der Waals surface area contributed by atoms with Crippen LogP contribution in [0.2, 0.25) is 0 Å². The Kier molecular flexibility index (Phi) is 5.32. The van der Waals surface area contributed by atoms with Crippen LogP contribution in [0.15, 0.2) is 90.1 Å². The molecule has 0 saturated heterocycles. The molecular formula is C21H18FN3. The number of nitrogens with zero attached hydrogens (tertiary/aromatic N) is 2. The summed E-state index contributed by atoms with van der Waals surface area (Å²) >= 11 is 0. The minimum absolute atomic E-state index is 0.239. The van der Waals surface area contributed by atoms with E-state index in [9.17, 15) is 4.39 Å². The van der Waals surface area contributed by atoms with Crippen LogP contribution in [0.4, 0.5) is 4.39 Å². The summed E-state index contributed by atoms with van der Waals surface area (Å²) in [6.07, 6.45) is 3.47. The largest absolute Gasteiger partial charge is 0.397 e. The van der Waals surface area contributed by atoms with Crippen LogP contribution in [0.25, 0.3) is 5.70 Å². The number of nitrogens with two attached hydrogens (primary N) is 1. The average Bonchev–Trinajstić information content (AvgIpc) is 2.67. The Morgan fingerprint density at radius 3 is 2.40 bits per heavy atom. The van der Waals surface area contributed by atoms with Crippen molar-refractivity contribution in [1.82, 2.24) is 4.98 Å². The topological polar surface area (TPSA) is 51.3 Å². The highest BCUT2D eigenvalue weighted by Gasteiger charge is 2.05. The first-order chi connectivity index (χ1) is 12.2. The number of pyridine rings is 1. The monoisotopic (exact) mass is 331 g/mol. The molecule has 0 bridgehead atoms.